The van der Waals surface area contributed by atoms with Crippen molar-refractivity contribution in [3.63, 3.8) is 0 Å². The molecule has 0 N–H and O–H groups in total. The quantitative estimate of drug-likeness (QED) is 0.110. The second kappa shape index (κ2) is 12.9. The molecule has 4 atom stereocenters. The lowest BCUT2D eigenvalue weighted by Crippen LogP contribution is -2.36. The van der Waals surface area contributed by atoms with E-state index in [0.29, 0.717) is 47.7 Å². The summed E-state index contributed by atoms with van der Waals surface area (Å²) >= 11 is 6.84. The number of rotatable bonds is 12. The van der Waals surface area contributed by atoms with Crippen LogP contribution in [0.5, 0.6) is 6.01 Å². The van der Waals surface area contributed by atoms with Crippen molar-refractivity contribution in [2.24, 2.45) is 0 Å². The number of imidazole rings is 1. The fourth-order valence-corrected chi connectivity index (χ4v) is 6.39. The van der Waals surface area contributed by atoms with Gasteiger partial charge in [0.2, 0.25) is 0 Å². The normalized spacial score (nSPS) is 21.8. The standard InChI is InChI=1S/C32H36ClN3O6Si/c1-43(2,3)16-15-38-20-36-25-17-24(33)28(23-11-9-22(10-12-23)21-7-5-4-6-8-21)34-31(25)35-32(36)42-27-19-41-29-26(39-14-13-37)18-40-30(27)29/h4-13,17,26-27,29-30H,14-16,18-20H2,1-3H3/t26-,27-,29-,30+/m1/s1. The van der Waals surface area contributed by atoms with E-state index in [1.165, 1.54) is 0 Å². The molecule has 0 radical (unpaired) electrons. The van der Waals surface area contributed by atoms with Crippen LogP contribution in [0.4, 0.5) is 0 Å². The summed E-state index contributed by atoms with van der Waals surface area (Å²) in [6.07, 6.45) is -0.649. The van der Waals surface area contributed by atoms with Gasteiger partial charge in [-0.2, -0.15) is 4.98 Å². The predicted octanol–water partition coefficient (Wildman–Crippen LogP) is 5.86. The number of hydrogen-bond acceptors (Lipinski definition) is 8. The first-order chi connectivity index (χ1) is 20.8. The van der Waals surface area contributed by atoms with Crippen molar-refractivity contribution < 1.29 is 28.5 Å². The average Bonchev–Trinajstić information content (AvgIpc) is 3.68. The summed E-state index contributed by atoms with van der Waals surface area (Å²) < 4.78 is 31.9. The number of hydrogen-bond donors (Lipinski definition) is 0. The third-order valence-corrected chi connectivity index (χ3v) is 9.73. The van der Waals surface area contributed by atoms with Gasteiger partial charge in [0.15, 0.2) is 11.8 Å². The molecule has 0 amide bonds. The van der Waals surface area contributed by atoms with Gasteiger partial charge in [0, 0.05) is 20.2 Å². The minimum atomic E-state index is -1.27. The molecule has 2 aromatic heterocycles. The molecule has 0 saturated carbocycles. The molecule has 0 spiro atoms. The maximum atomic E-state index is 10.8. The first kappa shape index (κ1) is 29.9. The van der Waals surface area contributed by atoms with E-state index < -0.39 is 14.2 Å². The monoisotopic (exact) mass is 621 g/mol. The van der Waals surface area contributed by atoms with Crippen molar-refractivity contribution in [1.82, 2.24) is 14.5 Å². The summed E-state index contributed by atoms with van der Waals surface area (Å²) in [5.74, 6) is 0. The maximum Gasteiger partial charge on any atom is 0.301 e. The maximum absolute atomic E-state index is 10.8. The van der Waals surface area contributed by atoms with Crippen molar-refractivity contribution in [3.8, 4) is 28.4 Å². The number of pyridine rings is 1. The Labute approximate surface area is 257 Å². The molecule has 2 fully saturated rings. The highest BCUT2D eigenvalue weighted by molar-refractivity contribution is 6.76. The van der Waals surface area contributed by atoms with Crippen molar-refractivity contribution in [1.29, 1.82) is 0 Å². The molecular formula is C32H36ClN3O6Si. The number of benzene rings is 2. The highest BCUT2D eigenvalue weighted by Gasteiger charge is 2.50. The van der Waals surface area contributed by atoms with E-state index in [2.05, 4.69) is 43.9 Å². The van der Waals surface area contributed by atoms with E-state index in [0.717, 1.165) is 29.0 Å². The summed E-state index contributed by atoms with van der Waals surface area (Å²) in [6, 6.07) is 21.7. The number of aldehydes is 1. The fraction of sp³-hybridized carbons (Fsp3) is 0.406. The summed E-state index contributed by atoms with van der Waals surface area (Å²) in [5, 5.41) is 0.508. The lowest BCUT2D eigenvalue weighted by Gasteiger charge is -2.19. The zero-order valence-corrected chi connectivity index (χ0v) is 26.3. The van der Waals surface area contributed by atoms with E-state index in [1.54, 1.807) is 0 Å². The number of carbonyl (C=O) groups excluding carboxylic acids is 1. The van der Waals surface area contributed by atoms with Crippen LogP contribution >= 0.6 is 11.6 Å². The molecule has 11 heteroatoms. The largest absolute Gasteiger partial charge is 0.456 e. The van der Waals surface area contributed by atoms with Crippen LogP contribution in [0.1, 0.15) is 0 Å². The molecule has 4 aromatic rings. The molecule has 2 aliphatic heterocycles. The molecule has 6 rings (SSSR count). The molecule has 0 aliphatic carbocycles. The van der Waals surface area contributed by atoms with Crippen LogP contribution in [-0.4, -0.2) is 79.7 Å². The Kier molecular flexibility index (Phi) is 8.94. The minimum absolute atomic E-state index is 0.000429. The van der Waals surface area contributed by atoms with Crippen molar-refractivity contribution >= 4 is 37.1 Å². The number of carbonyl (C=O) groups is 1. The van der Waals surface area contributed by atoms with Gasteiger partial charge in [-0.05, 0) is 23.2 Å². The zero-order chi connectivity index (χ0) is 30.0. The van der Waals surface area contributed by atoms with Gasteiger partial charge in [-0.3, -0.25) is 4.57 Å². The van der Waals surface area contributed by atoms with Crippen molar-refractivity contribution in [2.45, 2.75) is 56.8 Å². The van der Waals surface area contributed by atoms with Gasteiger partial charge in [-0.1, -0.05) is 85.8 Å². The molecule has 0 bridgehead atoms. The second-order valence-corrected chi connectivity index (χ2v) is 18.1. The average molecular weight is 622 g/mol. The number of ether oxygens (including phenoxy) is 5. The van der Waals surface area contributed by atoms with Crippen molar-refractivity contribution in [2.75, 3.05) is 26.4 Å². The van der Waals surface area contributed by atoms with Gasteiger partial charge in [-0.15, -0.1) is 0 Å². The topological polar surface area (TPSA) is 93.9 Å². The van der Waals surface area contributed by atoms with E-state index in [9.17, 15) is 4.79 Å². The second-order valence-electron chi connectivity index (χ2n) is 12.1. The predicted molar refractivity (Wildman–Crippen MR) is 167 cm³/mol. The third kappa shape index (κ3) is 6.69. The Balaban J connectivity index is 1.28. The summed E-state index contributed by atoms with van der Waals surface area (Å²) in [7, 11) is -1.27. The molecular weight excluding hydrogens is 586 g/mol. The smallest absolute Gasteiger partial charge is 0.301 e. The van der Waals surface area contributed by atoms with Crippen molar-refractivity contribution in [3.05, 3.63) is 65.7 Å². The third-order valence-electron chi connectivity index (χ3n) is 7.74. The lowest BCUT2D eigenvalue weighted by molar-refractivity contribution is -0.116. The Hall–Kier alpha value is -3.12. The lowest BCUT2D eigenvalue weighted by atomic mass is 10.0. The van der Waals surface area contributed by atoms with Crippen LogP contribution in [-0.2, 0) is 30.5 Å². The van der Waals surface area contributed by atoms with E-state index >= 15 is 0 Å². The van der Waals surface area contributed by atoms with Gasteiger partial charge in [0.1, 0.15) is 37.9 Å². The molecule has 9 nitrogen and oxygen atoms in total. The van der Waals surface area contributed by atoms with E-state index in [1.807, 2.05) is 41.0 Å². The van der Waals surface area contributed by atoms with Crippen LogP contribution in [0.2, 0.25) is 30.7 Å². The van der Waals surface area contributed by atoms with Gasteiger partial charge in [-0.25, -0.2) is 4.98 Å². The Morgan fingerprint density at radius 1 is 0.953 bits per heavy atom. The number of nitrogens with zero attached hydrogens (tertiary/aromatic N) is 3. The fourth-order valence-electron chi connectivity index (χ4n) is 5.38. The van der Waals surface area contributed by atoms with Gasteiger partial charge in [0.05, 0.1) is 29.4 Å². The molecule has 2 aliphatic rings. The first-order valence-corrected chi connectivity index (χ1v) is 18.6. The highest BCUT2D eigenvalue weighted by atomic mass is 35.5. The SMILES string of the molecule is C[Si](C)(C)CCOCn1c(O[C@@H]2CO[C@H]3[C@H]2OC[C@H]3OCC=O)nc2nc(-c3ccc(-c4ccccc4)cc3)c(Cl)cc21. The van der Waals surface area contributed by atoms with Gasteiger partial charge >= 0.3 is 6.01 Å². The number of halogens is 1. The van der Waals surface area contributed by atoms with Gasteiger partial charge in [0.25, 0.3) is 0 Å². The molecule has 4 heterocycles. The van der Waals surface area contributed by atoms with Crippen LogP contribution in [0.25, 0.3) is 33.5 Å². The highest BCUT2D eigenvalue weighted by Crippen LogP contribution is 2.35. The Morgan fingerprint density at radius 2 is 1.63 bits per heavy atom. The van der Waals surface area contributed by atoms with E-state index in [-0.39, 0.29) is 31.6 Å². The number of fused-ring (bicyclic) bond motifs is 2. The minimum Gasteiger partial charge on any atom is -0.456 e. The van der Waals surface area contributed by atoms with Gasteiger partial charge < -0.3 is 28.5 Å². The van der Waals surface area contributed by atoms with Crippen LogP contribution < -0.4 is 4.74 Å². The van der Waals surface area contributed by atoms with Crippen LogP contribution in [0.15, 0.2) is 60.7 Å². The summed E-state index contributed by atoms with van der Waals surface area (Å²) in [5.41, 5.74) is 5.01. The zero-order valence-electron chi connectivity index (χ0n) is 24.6. The summed E-state index contributed by atoms with van der Waals surface area (Å²) in [4.78, 5) is 20.5. The Morgan fingerprint density at radius 3 is 2.35 bits per heavy atom. The molecule has 43 heavy (non-hydrogen) atoms. The van der Waals surface area contributed by atoms with Crippen LogP contribution in [0, 0.1) is 0 Å². The molecule has 2 saturated heterocycles. The first-order valence-electron chi connectivity index (χ1n) is 14.6. The van der Waals surface area contributed by atoms with E-state index in [4.69, 9.17) is 45.3 Å². The molecule has 2 aromatic carbocycles. The number of aromatic nitrogens is 3. The van der Waals surface area contributed by atoms with Crippen LogP contribution in [0.3, 0.4) is 0 Å². The Bertz CT molecular complexity index is 1560. The molecule has 226 valence electrons. The molecule has 0 unspecified atom stereocenters. The summed E-state index contributed by atoms with van der Waals surface area (Å²) in [6.45, 7) is 8.48.